The summed E-state index contributed by atoms with van der Waals surface area (Å²) in [6.07, 6.45) is 3.35. The Hall–Kier alpha value is -1.71. The molecule has 4 heteroatoms. The molecule has 1 rings (SSSR count). The van der Waals surface area contributed by atoms with Crippen LogP contribution in [0, 0.1) is 5.41 Å². The molecule has 0 radical (unpaired) electrons. The summed E-state index contributed by atoms with van der Waals surface area (Å²) in [5, 5.41) is 7.41. The molecule has 17 heavy (non-hydrogen) atoms. The number of hydrogen-bond donors (Lipinski definition) is 2. The Morgan fingerprint density at radius 3 is 2.53 bits per heavy atom. The predicted molar refractivity (Wildman–Crippen MR) is 69.0 cm³/mol. The van der Waals surface area contributed by atoms with Gasteiger partial charge in [0.05, 0.1) is 13.7 Å². The molecule has 3 N–H and O–H groups in total. The van der Waals surface area contributed by atoms with Crippen molar-refractivity contribution in [3.05, 3.63) is 23.8 Å². The van der Waals surface area contributed by atoms with Crippen LogP contribution in [0.3, 0.4) is 0 Å². The molecule has 0 aliphatic rings. The molecule has 0 saturated carbocycles. The Morgan fingerprint density at radius 1 is 1.24 bits per heavy atom. The van der Waals surface area contributed by atoms with Crippen LogP contribution >= 0.6 is 0 Å². The highest BCUT2D eigenvalue weighted by Crippen LogP contribution is 2.22. The van der Waals surface area contributed by atoms with Gasteiger partial charge in [-0.1, -0.05) is 19.8 Å². The van der Waals surface area contributed by atoms with Gasteiger partial charge in [0.1, 0.15) is 17.3 Å². The number of ether oxygens (including phenoxy) is 2. The minimum atomic E-state index is 0.0160. The normalized spacial score (nSPS) is 10.0. The summed E-state index contributed by atoms with van der Waals surface area (Å²) in [7, 11) is 1.58. The molecule has 0 aliphatic heterocycles. The van der Waals surface area contributed by atoms with Gasteiger partial charge in [0.15, 0.2) is 0 Å². The van der Waals surface area contributed by atoms with Crippen LogP contribution in [0.2, 0.25) is 0 Å². The van der Waals surface area contributed by atoms with Crippen molar-refractivity contribution in [1.29, 1.82) is 5.41 Å². The lowest BCUT2D eigenvalue weighted by Crippen LogP contribution is -2.11. The molecular formula is C13H20N2O2. The third-order valence-corrected chi connectivity index (χ3v) is 2.44. The highest BCUT2D eigenvalue weighted by Gasteiger charge is 2.04. The molecule has 0 amide bonds. The molecule has 0 spiro atoms. The fourth-order valence-electron chi connectivity index (χ4n) is 1.47. The van der Waals surface area contributed by atoms with E-state index in [1.807, 2.05) is 0 Å². The fourth-order valence-corrected chi connectivity index (χ4v) is 1.47. The topological polar surface area (TPSA) is 68.3 Å². The first kappa shape index (κ1) is 13.4. The molecule has 0 saturated heterocycles. The molecule has 94 valence electrons. The summed E-state index contributed by atoms with van der Waals surface area (Å²) in [6.45, 7) is 2.83. The predicted octanol–water partition coefficient (Wildman–Crippen LogP) is 2.55. The minimum absolute atomic E-state index is 0.0160. The number of rotatable bonds is 7. The third-order valence-electron chi connectivity index (χ3n) is 2.44. The Kier molecular flexibility index (Phi) is 5.33. The van der Waals surface area contributed by atoms with Gasteiger partial charge < -0.3 is 15.2 Å². The second kappa shape index (κ2) is 6.78. The maximum absolute atomic E-state index is 7.41. The summed E-state index contributed by atoms with van der Waals surface area (Å²) < 4.78 is 10.8. The fraction of sp³-hybridized carbons (Fsp3) is 0.462. The van der Waals surface area contributed by atoms with Gasteiger partial charge in [-0.3, -0.25) is 5.41 Å². The first-order valence-electron chi connectivity index (χ1n) is 5.83. The Balaban J connectivity index is 2.70. The zero-order valence-corrected chi connectivity index (χ0v) is 10.5. The first-order chi connectivity index (χ1) is 8.17. The summed E-state index contributed by atoms with van der Waals surface area (Å²) in [5.41, 5.74) is 6.07. The van der Waals surface area contributed by atoms with E-state index in [0.29, 0.717) is 23.7 Å². The van der Waals surface area contributed by atoms with Gasteiger partial charge in [0, 0.05) is 11.6 Å². The second-order valence-electron chi connectivity index (χ2n) is 3.87. The van der Waals surface area contributed by atoms with E-state index < -0.39 is 0 Å². The van der Waals surface area contributed by atoms with E-state index in [0.717, 1.165) is 12.8 Å². The maximum atomic E-state index is 7.41. The Labute approximate surface area is 102 Å². The first-order valence-corrected chi connectivity index (χ1v) is 5.83. The zero-order chi connectivity index (χ0) is 12.7. The molecular weight excluding hydrogens is 216 g/mol. The van der Waals surface area contributed by atoms with E-state index >= 15 is 0 Å². The van der Waals surface area contributed by atoms with Gasteiger partial charge in [0.25, 0.3) is 0 Å². The number of nitrogens with two attached hydrogens (primary N) is 1. The average Bonchev–Trinajstić information content (AvgIpc) is 2.34. The average molecular weight is 236 g/mol. The van der Waals surface area contributed by atoms with Crippen molar-refractivity contribution in [2.75, 3.05) is 13.7 Å². The van der Waals surface area contributed by atoms with Crippen LogP contribution in [0.15, 0.2) is 18.2 Å². The van der Waals surface area contributed by atoms with E-state index in [4.69, 9.17) is 20.6 Å². The molecule has 0 unspecified atom stereocenters. The molecule has 0 aliphatic carbocycles. The van der Waals surface area contributed by atoms with Gasteiger partial charge in [-0.25, -0.2) is 0 Å². The Bertz CT molecular complexity index is 378. The van der Waals surface area contributed by atoms with Crippen molar-refractivity contribution in [3.8, 4) is 11.5 Å². The summed E-state index contributed by atoms with van der Waals surface area (Å²) in [5.74, 6) is 1.37. The highest BCUT2D eigenvalue weighted by molar-refractivity contribution is 5.95. The van der Waals surface area contributed by atoms with Crippen LogP contribution in [0.4, 0.5) is 0 Å². The van der Waals surface area contributed by atoms with Crippen molar-refractivity contribution < 1.29 is 9.47 Å². The largest absolute Gasteiger partial charge is 0.497 e. The lowest BCUT2D eigenvalue weighted by Gasteiger charge is -2.10. The second-order valence-corrected chi connectivity index (χ2v) is 3.87. The van der Waals surface area contributed by atoms with Crippen LogP contribution in [-0.4, -0.2) is 19.6 Å². The quantitative estimate of drug-likeness (QED) is 0.434. The molecule has 4 nitrogen and oxygen atoms in total. The van der Waals surface area contributed by atoms with Crippen molar-refractivity contribution in [2.24, 2.45) is 5.73 Å². The van der Waals surface area contributed by atoms with Gasteiger partial charge in [0.2, 0.25) is 0 Å². The van der Waals surface area contributed by atoms with Crippen molar-refractivity contribution in [3.63, 3.8) is 0 Å². The van der Waals surface area contributed by atoms with E-state index in [-0.39, 0.29) is 5.84 Å². The summed E-state index contributed by atoms with van der Waals surface area (Å²) in [6, 6.07) is 5.29. The number of benzene rings is 1. The number of methoxy groups -OCH3 is 1. The van der Waals surface area contributed by atoms with Crippen molar-refractivity contribution in [2.45, 2.75) is 26.2 Å². The van der Waals surface area contributed by atoms with Crippen LogP contribution in [0.25, 0.3) is 0 Å². The van der Waals surface area contributed by atoms with Gasteiger partial charge in [-0.15, -0.1) is 0 Å². The molecule has 0 aromatic heterocycles. The number of hydrogen-bond acceptors (Lipinski definition) is 3. The summed E-state index contributed by atoms with van der Waals surface area (Å²) >= 11 is 0. The zero-order valence-electron chi connectivity index (χ0n) is 10.5. The van der Waals surface area contributed by atoms with Crippen LogP contribution in [-0.2, 0) is 0 Å². The highest BCUT2D eigenvalue weighted by atomic mass is 16.5. The van der Waals surface area contributed by atoms with Crippen molar-refractivity contribution in [1.82, 2.24) is 0 Å². The van der Waals surface area contributed by atoms with E-state index in [1.54, 1.807) is 25.3 Å². The number of unbranched alkanes of at least 4 members (excludes halogenated alkanes) is 2. The molecule has 1 aromatic rings. The number of amidine groups is 1. The van der Waals surface area contributed by atoms with Gasteiger partial charge >= 0.3 is 0 Å². The van der Waals surface area contributed by atoms with E-state index in [2.05, 4.69) is 6.92 Å². The number of nitrogen functional groups attached to an aromatic ring is 1. The Morgan fingerprint density at radius 2 is 1.94 bits per heavy atom. The van der Waals surface area contributed by atoms with Crippen LogP contribution in [0.5, 0.6) is 11.5 Å². The van der Waals surface area contributed by atoms with Gasteiger partial charge in [-0.2, -0.15) is 0 Å². The standard InChI is InChI=1S/C13H20N2O2/c1-3-4-5-6-17-12-8-10(13(14)15)7-11(9-12)16-2/h7-9H,3-6H2,1-2H3,(H3,14,15). The van der Waals surface area contributed by atoms with Crippen LogP contribution < -0.4 is 15.2 Å². The summed E-state index contributed by atoms with van der Waals surface area (Å²) in [4.78, 5) is 0. The smallest absolute Gasteiger partial charge is 0.123 e. The monoisotopic (exact) mass is 236 g/mol. The minimum Gasteiger partial charge on any atom is -0.497 e. The molecule has 0 bridgehead atoms. The van der Waals surface area contributed by atoms with E-state index in [9.17, 15) is 0 Å². The lowest BCUT2D eigenvalue weighted by molar-refractivity contribution is 0.304. The van der Waals surface area contributed by atoms with Crippen molar-refractivity contribution >= 4 is 5.84 Å². The van der Waals surface area contributed by atoms with Gasteiger partial charge in [-0.05, 0) is 18.6 Å². The molecule has 1 aromatic carbocycles. The SMILES string of the molecule is CCCCCOc1cc(OC)cc(C(=N)N)c1. The van der Waals surface area contributed by atoms with E-state index in [1.165, 1.54) is 6.42 Å². The molecule has 0 fully saturated rings. The maximum Gasteiger partial charge on any atom is 0.123 e. The lowest BCUT2D eigenvalue weighted by atomic mass is 10.2. The molecule has 0 heterocycles. The number of nitrogens with one attached hydrogen (secondary N) is 1. The molecule has 0 atom stereocenters. The third kappa shape index (κ3) is 4.34. The van der Waals surface area contributed by atoms with Crippen LogP contribution in [0.1, 0.15) is 31.7 Å².